The lowest BCUT2D eigenvalue weighted by Gasteiger charge is -2.41. The fourth-order valence-electron chi connectivity index (χ4n) is 6.83. The fraction of sp³-hybridized carbons (Fsp3) is 0.548. The molecule has 2 aromatic carbocycles. The van der Waals surface area contributed by atoms with E-state index in [1.54, 1.807) is 11.0 Å². The highest BCUT2D eigenvalue weighted by Crippen LogP contribution is 2.49. The summed E-state index contributed by atoms with van der Waals surface area (Å²) in [5.74, 6) is 0.503. The van der Waals surface area contributed by atoms with Gasteiger partial charge in [-0.1, -0.05) is 26.0 Å². The molecule has 2 fully saturated rings. The van der Waals surface area contributed by atoms with Gasteiger partial charge in [0.05, 0.1) is 30.2 Å². The van der Waals surface area contributed by atoms with E-state index < -0.39 is 17.2 Å². The van der Waals surface area contributed by atoms with E-state index in [0.29, 0.717) is 22.8 Å². The van der Waals surface area contributed by atoms with Crippen LogP contribution in [0.4, 0.5) is 13.2 Å². The van der Waals surface area contributed by atoms with Gasteiger partial charge in [-0.15, -0.1) is 0 Å². The van der Waals surface area contributed by atoms with Crippen molar-refractivity contribution in [3.8, 4) is 5.75 Å². The van der Waals surface area contributed by atoms with Crippen LogP contribution in [-0.4, -0.2) is 54.6 Å². The summed E-state index contributed by atoms with van der Waals surface area (Å²) in [6.07, 6.45) is -0.101. The lowest BCUT2D eigenvalue weighted by Crippen LogP contribution is -2.49. The van der Waals surface area contributed by atoms with Crippen molar-refractivity contribution in [2.75, 3.05) is 26.9 Å². The predicted molar refractivity (Wildman–Crippen MR) is 144 cm³/mol. The first-order chi connectivity index (χ1) is 19.0. The molecular weight excluding hydrogens is 521 g/mol. The number of likely N-dealkylation sites (tertiary alicyclic amines) is 1. The summed E-state index contributed by atoms with van der Waals surface area (Å²) in [6, 6.07) is 11.4. The van der Waals surface area contributed by atoms with E-state index in [0.717, 1.165) is 62.9 Å². The molecule has 3 aliphatic rings. The van der Waals surface area contributed by atoms with Crippen LogP contribution in [0.2, 0.25) is 0 Å². The molecule has 0 aromatic heterocycles. The minimum Gasteiger partial charge on any atom is -0.473 e. The van der Waals surface area contributed by atoms with Crippen molar-refractivity contribution in [1.29, 1.82) is 0 Å². The second kappa shape index (κ2) is 11.1. The first-order valence-electron chi connectivity index (χ1n) is 14.1. The maximum atomic E-state index is 14.0. The maximum Gasteiger partial charge on any atom is 0.416 e. The Balaban J connectivity index is 1.24. The van der Waals surface area contributed by atoms with Gasteiger partial charge in [0, 0.05) is 11.6 Å². The number of piperidine rings is 1. The highest BCUT2D eigenvalue weighted by molar-refractivity contribution is 5.89. The van der Waals surface area contributed by atoms with Crippen molar-refractivity contribution in [2.45, 2.75) is 70.6 Å². The first kappa shape index (κ1) is 28.5. The van der Waals surface area contributed by atoms with Crippen molar-refractivity contribution in [1.82, 2.24) is 9.80 Å². The second-order valence-corrected chi connectivity index (χ2v) is 11.7. The van der Waals surface area contributed by atoms with Gasteiger partial charge in [0.2, 0.25) is 5.91 Å². The summed E-state index contributed by atoms with van der Waals surface area (Å²) in [4.78, 5) is 30.0. The third kappa shape index (κ3) is 5.45. The van der Waals surface area contributed by atoms with Gasteiger partial charge in [0.25, 0.3) is 0 Å². The molecule has 1 saturated carbocycles. The SMILES string of the molecule is COC(=O)c1cccc(C2CCN([C@@H]3CC[C@@](C(=O)N4COc5ccc(C(F)(F)F)cc5C4)(C(C)C)C3)CC2)c1. The Labute approximate surface area is 233 Å². The quantitative estimate of drug-likeness (QED) is 0.407. The van der Waals surface area contributed by atoms with Crippen LogP contribution in [0.25, 0.3) is 0 Å². The van der Waals surface area contributed by atoms with E-state index in [4.69, 9.17) is 9.47 Å². The highest BCUT2D eigenvalue weighted by atomic mass is 19.4. The van der Waals surface area contributed by atoms with Gasteiger partial charge in [-0.05, 0) is 92.9 Å². The lowest BCUT2D eigenvalue weighted by molar-refractivity contribution is -0.150. The zero-order valence-corrected chi connectivity index (χ0v) is 23.3. The standard InChI is InChI=1S/C31H37F3N2O4/c1-20(2)30(29(38)36-18-24-16-25(31(32,33)34)7-8-27(24)40-19-36)12-9-26(17-30)35-13-10-21(11-14-35)22-5-4-6-23(15-22)28(37)39-3/h4-8,15-16,20-21,26H,9-14,17-19H2,1-3H3/t26-,30+/m1/s1. The summed E-state index contributed by atoms with van der Waals surface area (Å²) in [7, 11) is 1.39. The number of benzene rings is 2. The molecule has 5 rings (SSSR count). The molecule has 1 amide bonds. The first-order valence-corrected chi connectivity index (χ1v) is 14.1. The van der Waals surface area contributed by atoms with Gasteiger partial charge in [0.1, 0.15) is 5.75 Å². The molecule has 2 aliphatic heterocycles. The molecule has 0 N–H and O–H groups in total. The Morgan fingerprint density at radius 3 is 2.50 bits per heavy atom. The molecule has 1 aliphatic carbocycles. The van der Waals surface area contributed by atoms with Crippen molar-refractivity contribution in [2.24, 2.45) is 11.3 Å². The van der Waals surface area contributed by atoms with Crippen LogP contribution in [0.15, 0.2) is 42.5 Å². The highest BCUT2D eigenvalue weighted by Gasteiger charge is 2.51. The third-order valence-electron chi connectivity index (χ3n) is 9.29. The van der Waals surface area contributed by atoms with Crippen molar-refractivity contribution in [3.05, 3.63) is 64.7 Å². The van der Waals surface area contributed by atoms with E-state index in [1.165, 1.54) is 13.2 Å². The van der Waals surface area contributed by atoms with Crippen LogP contribution in [0.1, 0.15) is 78.9 Å². The van der Waals surface area contributed by atoms with E-state index in [-0.39, 0.29) is 37.1 Å². The number of carbonyl (C=O) groups is 2. The van der Waals surface area contributed by atoms with Gasteiger partial charge in [-0.3, -0.25) is 4.79 Å². The van der Waals surface area contributed by atoms with Gasteiger partial charge in [-0.25, -0.2) is 4.79 Å². The Kier molecular flexibility index (Phi) is 7.88. The lowest BCUT2D eigenvalue weighted by atomic mass is 9.74. The molecule has 0 unspecified atom stereocenters. The minimum atomic E-state index is -4.45. The van der Waals surface area contributed by atoms with Crippen molar-refractivity contribution >= 4 is 11.9 Å². The number of methoxy groups -OCH3 is 1. The number of hydrogen-bond donors (Lipinski definition) is 0. The van der Waals surface area contributed by atoms with Crippen LogP contribution in [0.5, 0.6) is 5.75 Å². The third-order valence-corrected chi connectivity index (χ3v) is 9.29. The molecule has 2 heterocycles. The Hall–Kier alpha value is -3.07. The largest absolute Gasteiger partial charge is 0.473 e. The zero-order valence-electron chi connectivity index (χ0n) is 23.3. The number of esters is 1. The molecule has 0 radical (unpaired) electrons. The molecule has 2 atom stereocenters. The van der Waals surface area contributed by atoms with Crippen LogP contribution < -0.4 is 4.74 Å². The van der Waals surface area contributed by atoms with Gasteiger partial charge in [0.15, 0.2) is 6.73 Å². The van der Waals surface area contributed by atoms with Crippen LogP contribution in [-0.2, 0) is 22.3 Å². The van der Waals surface area contributed by atoms with E-state index in [1.807, 2.05) is 12.1 Å². The molecule has 9 heteroatoms. The monoisotopic (exact) mass is 558 g/mol. The maximum absolute atomic E-state index is 14.0. The van der Waals surface area contributed by atoms with Gasteiger partial charge < -0.3 is 19.3 Å². The average Bonchev–Trinajstić information content (AvgIpc) is 3.42. The number of amides is 1. The number of carbonyl (C=O) groups excluding carboxylic acids is 2. The molecule has 216 valence electrons. The van der Waals surface area contributed by atoms with Crippen LogP contribution in [0.3, 0.4) is 0 Å². The number of alkyl halides is 3. The summed E-state index contributed by atoms with van der Waals surface area (Å²) in [5.41, 5.74) is 0.807. The Morgan fingerprint density at radius 1 is 1.07 bits per heavy atom. The average molecular weight is 559 g/mol. The molecule has 0 spiro atoms. The Bertz CT molecular complexity index is 1260. The normalized spacial score (nSPS) is 24.1. The molecule has 1 saturated heterocycles. The summed E-state index contributed by atoms with van der Waals surface area (Å²) in [5, 5.41) is 0. The molecule has 6 nitrogen and oxygen atoms in total. The number of ether oxygens (including phenoxy) is 2. The smallest absolute Gasteiger partial charge is 0.416 e. The molecule has 2 aromatic rings. The summed E-state index contributed by atoms with van der Waals surface area (Å²) in [6.45, 7) is 6.14. The zero-order chi connectivity index (χ0) is 28.7. The number of rotatable bonds is 5. The number of nitrogens with zero attached hydrogens (tertiary/aromatic N) is 2. The predicted octanol–water partition coefficient (Wildman–Crippen LogP) is 6.25. The van der Waals surface area contributed by atoms with E-state index >= 15 is 0 Å². The fourth-order valence-corrected chi connectivity index (χ4v) is 6.83. The van der Waals surface area contributed by atoms with Crippen LogP contribution in [0, 0.1) is 11.3 Å². The number of fused-ring (bicyclic) bond motifs is 1. The minimum absolute atomic E-state index is 0.0254. The molecule has 40 heavy (non-hydrogen) atoms. The molecule has 0 bridgehead atoms. The Morgan fingerprint density at radius 2 is 1.82 bits per heavy atom. The van der Waals surface area contributed by atoms with Gasteiger partial charge >= 0.3 is 12.1 Å². The summed E-state index contributed by atoms with van der Waals surface area (Å²) < 4.78 is 50.5. The topological polar surface area (TPSA) is 59.1 Å². The van der Waals surface area contributed by atoms with Gasteiger partial charge in [-0.2, -0.15) is 13.2 Å². The number of halogens is 3. The van der Waals surface area contributed by atoms with Crippen molar-refractivity contribution in [3.63, 3.8) is 0 Å². The summed E-state index contributed by atoms with van der Waals surface area (Å²) >= 11 is 0. The number of hydrogen-bond acceptors (Lipinski definition) is 5. The molecular formula is C31H37F3N2O4. The van der Waals surface area contributed by atoms with Crippen LogP contribution >= 0.6 is 0 Å². The second-order valence-electron chi connectivity index (χ2n) is 11.7. The van der Waals surface area contributed by atoms with E-state index in [9.17, 15) is 22.8 Å². The van der Waals surface area contributed by atoms with E-state index in [2.05, 4.69) is 24.8 Å². The van der Waals surface area contributed by atoms with Crippen molar-refractivity contribution < 1.29 is 32.2 Å².